The summed E-state index contributed by atoms with van der Waals surface area (Å²) in [5, 5.41) is 2.81. The first-order valence-electron chi connectivity index (χ1n) is 6.14. The molecule has 2 aromatic heterocycles. The molecule has 0 saturated heterocycles. The molecule has 0 aliphatic carbocycles. The molecule has 0 saturated carbocycles. The zero-order chi connectivity index (χ0) is 13.8. The highest BCUT2D eigenvalue weighted by Crippen LogP contribution is 2.19. The van der Waals surface area contributed by atoms with Gasteiger partial charge in [-0.1, -0.05) is 0 Å². The molecule has 1 amide bonds. The standard InChI is InChI=1S/C14H17N3O2/c1-9(8-15)16-14(18)11-5-6-12(17-10(11)2)13-4-3-7-19-13/h3-7,9H,8,15H2,1-2H3,(H,16,18)/t9-/m0/s1. The zero-order valence-corrected chi connectivity index (χ0v) is 11.0. The molecule has 0 radical (unpaired) electrons. The van der Waals surface area contributed by atoms with Crippen molar-refractivity contribution in [3.63, 3.8) is 0 Å². The monoisotopic (exact) mass is 259 g/mol. The van der Waals surface area contributed by atoms with E-state index in [1.807, 2.05) is 13.0 Å². The van der Waals surface area contributed by atoms with E-state index in [9.17, 15) is 4.79 Å². The number of nitrogens with one attached hydrogen (secondary N) is 1. The van der Waals surface area contributed by atoms with Gasteiger partial charge in [0, 0.05) is 12.6 Å². The lowest BCUT2D eigenvalue weighted by Gasteiger charge is -2.12. The minimum atomic E-state index is -0.158. The normalized spacial score (nSPS) is 12.2. The summed E-state index contributed by atoms with van der Waals surface area (Å²) in [4.78, 5) is 16.4. The van der Waals surface area contributed by atoms with Gasteiger partial charge in [0.25, 0.3) is 5.91 Å². The first-order valence-corrected chi connectivity index (χ1v) is 6.14. The van der Waals surface area contributed by atoms with E-state index in [0.29, 0.717) is 29.3 Å². The Morgan fingerprint density at radius 3 is 2.84 bits per heavy atom. The van der Waals surface area contributed by atoms with Crippen LogP contribution in [0.3, 0.4) is 0 Å². The second-order valence-corrected chi connectivity index (χ2v) is 4.42. The number of nitrogens with two attached hydrogens (primary N) is 1. The number of rotatable bonds is 4. The van der Waals surface area contributed by atoms with E-state index in [2.05, 4.69) is 10.3 Å². The van der Waals surface area contributed by atoms with Gasteiger partial charge in [0.2, 0.25) is 0 Å². The van der Waals surface area contributed by atoms with Gasteiger partial charge in [-0.15, -0.1) is 0 Å². The fraction of sp³-hybridized carbons (Fsp3) is 0.286. The van der Waals surface area contributed by atoms with E-state index in [0.717, 1.165) is 0 Å². The molecule has 1 atom stereocenters. The molecular formula is C14H17N3O2. The Bertz CT molecular complexity index is 564. The van der Waals surface area contributed by atoms with Gasteiger partial charge in [-0.05, 0) is 38.1 Å². The Morgan fingerprint density at radius 2 is 2.26 bits per heavy atom. The molecule has 0 bridgehead atoms. The quantitative estimate of drug-likeness (QED) is 0.876. The molecule has 100 valence electrons. The number of carbonyl (C=O) groups is 1. The Labute approximate surface area is 111 Å². The number of pyridine rings is 1. The Morgan fingerprint density at radius 1 is 1.47 bits per heavy atom. The molecule has 0 aliphatic heterocycles. The highest BCUT2D eigenvalue weighted by atomic mass is 16.3. The van der Waals surface area contributed by atoms with E-state index in [1.165, 1.54) is 0 Å². The maximum Gasteiger partial charge on any atom is 0.253 e. The van der Waals surface area contributed by atoms with Crippen molar-refractivity contribution in [1.29, 1.82) is 0 Å². The maximum atomic E-state index is 12.0. The first-order chi connectivity index (χ1) is 9.11. The van der Waals surface area contributed by atoms with Gasteiger partial charge in [-0.25, -0.2) is 4.98 Å². The van der Waals surface area contributed by atoms with E-state index in [-0.39, 0.29) is 11.9 Å². The predicted molar refractivity (Wildman–Crippen MR) is 72.7 cm³/mol. The van der Waals surface area contributed by atoms with Crippen LogP contribution in [0.5, 0.6) is 0 Å². The van der Waals surface area contributed by atoms with Crippen LogP contribution in [0.1, 0.15) is 23.0 Å². The van der Waals surface area contributed by atoms with E-state index in [1.54, 1.807) is 31.4 Å². The van der Waals surface area contributed by atoms with Crippen molar-refractivity contribution >= 4 is 5.91 Å². The molecule has 5 nitrogen and oxygen atoms in total. The third-order valence-electron chi connectivity index (χ3n) is 2.84. The minimum absolute atomic E-state index is 0.0587. The van der Waals surface area contributed by atoms with Crippen molar-refractivity contribution in [3.05, 3.63) is 41.8 Å². The van der Waals surface area contributed by atoms with Gasteiger partial charge in [-0.2, -0.15) is 0 Å². The molecule has 19 heavy (non-hydrogen) atoms. The number of carbonyl (C=O) groups excluding carboxylic acids is 1. The van der Waals surface area contributed by atoms with Crippen molar-refractivity contribution in [2.24, 2.45) is 5.73 Å². The smallest absolute Gasteiger partial charge is 0.253 e. The molecule has 2 rings (SSSR count). The van der Waals surface area contributed by atoms with Crippen molar-refractivity contribution in [2.75, 3.05) is 6.54 Å². The van der Waals surface area contributed by atoms with Crippen LogP contribution >= 0.6 is 0 Å². The number of aromatic nitrogens is 1. The summed E-state index contributed by atoms with van der Waals surface area (Å²) in [5.41, 5.74) is 7.41. The van der Waals surface area contributed by atoms with Crippen LogP contribution in [0, 0.1) is 6.92 Å². The lowest BCUT2D eigenvalue weighted by atomic mass is 10.1. The summed E-state index contributed by atoms with van der Waals surface area (Å²) in [6.07, 6.45) is 1.59. The molecule has 3 N–H and O–H groups in total. The minimum Gasteiger partial charge on any atom is -0.463 e. The highest BCUT2D eigenvalue weighted by Gasteiger charge is 2.13. The third kappa shape index (κ3) is 3.00. The molecule has 0 aliphatic rings. The zero-order valence-electron chi connectivity index (χ0n) is 11.0. The van der Waals surface area contributed by atoms with Crippen LogP contribution in [-0.4, -0.2) is 23.5 Å². The maximum absolute atomic E-state index is 12.0. The summed E-state index contributed by atoms with van der Waals surface area (Å²) in [6.45, 7) is 4.06. The highest BCUT2D eigenvalue weighted by molar-refractivity contribution is 5.95. The summed E-state index contributed by atoms with van der Waals surface area (Å²) >= 11 is 0. The second-order valence-electron chi connectivity index (χ2n) is 4.42. The van der Waals surface area contributed by atoms with Gasteiger partial charge in [0.1, 0.15) is 5.69 Å². The number of furan rings is 1. The number of hydrogen-bond acceptors (Lipinski definition) is 4. The van der Waals surface area contributed by atoms with Gasteiger partial charge in [0.05, 0.1) is 17.5 Å². The molecule has 0 unspecified atom stereocenters. The van der Waals surface area contributed by atoms with Crippen LogP contribution < -0.4 is 11.1 Å². The molecule has 2 aromatic rings. The average molecular weight is 259 g/mol. The molecule has 5 heteroatoms. The number of aryl methyl sites for hydroxylation is 1. The van der Waals surface area contributed by atoms with Gasteiger partial charge >= 0.3 is 0 Å². The number of nitrogens with zero attached hydrogens (tertiary/aromatic N) is 1. The molecule has 0 spiro atoms. The Balaban J connectivity index is 2.22. The Kier molecular flexibility index (Phi) is 3.97. The molecule has 0 aromatic carbocycles. The summed E-state index contributed by atoms with van der Waals surface area (Å²) in [5.74, 6) is 0.527. The fourth-order valence-corrected chi connectivity index (χ4v) is 1.72. The van der Waals surface area contributed by atoms with Gasteiger partial charge < -0.3 is 15.5 Å². The Hall–Kier alpha value is -2.14. The van der Waals surface area contributed by atoms with Crippen LogP contribution in [0.2, 0.25) is 0 Å². The van der Waals surface area contributed by atoms with Crippen molar-refractivity contribution in [1.82, 2.24) is 10.3 Å². The van der Waals surface area contributed by atoms with E-state index in [4.69, 9.17) is 10.2 Å². The van der Waals surface area contributed by atoms with Crippen LogP contribution in [0.15, 0.2) is 34.9 Å². The van der Waals surface area contributed by atoms with Crippen molar-refractivity contribution < 1.29 is 9.21 Å². The molecular weight excluding hydrogens is 242 g/mol. The largest absolute Gasteiger partial charge is 0.463 e. The molecule has 2 heterocycles. The van der Waals surface area contributed by atoms with Gasteiger partial charge in [-0.3, -0.25) is 4.79 Å². The van der Waals surface area contributed by atoms with Crippen LogP contribution in [0.25, 0.3) is 11.5 Å². The van der Waals surface area contributed by atoms with E-state index >= 15 is 0 Å². The van der Waals surface area contributed by atoms with Crippen LogP contribution in [0.4, 0.5) is 0 Å². The number of hydrogen-bond donors (Lipinski definition) is 2. The van der Waals surface area contributed by atoms with E-state index < -0.39 is 0 Å². The topological polar surface area (TPSA) is 81.2 Å². The lowest BCUT2D eigenvalue weighted by molar-refractivity contribution is 0.0940. The third-order valence-corrected chi connectivity index (χ3v) is 2.84. The SMILES string of the molecule is Cc1nc(-c2ccco2)ccc1C(=O)N[C@@H](C)CN. The predicted octanol–water partition coefficient (Wildman–Crippen LogP) is 1.73. The summed E-state index contributed by atoms with van der Waals surface area (Å²) in [6, 6.07) is 7.09. The first kappa shape index (κ1) is 13.3. The lowest BCUT2D eigenvalue weighted by Crippen LogP contribution is -2.38. The van der Waals surface area contributed by atoms with Crippen molar-refractivity contribution in [3.8, 4) is 11.5 Å². The average Bonchev–Trinajstić information content (AvgIpc) is 2.92. The van der Waals surface area contributed by atoms with Gasteiger partial charge in [0.15, 0.2) is 5.76 Å². The summed E-state index contributed by atoms with van der Waals surface area (Å²) < 4.78 is 5.28. The number of amides is 1. The molecule has 0 fully saturated rings. The second kappa shape index (κ2) is 5.67. The van der Waals surface area contributed by atoms with Crippen molar-refractivity contribution in [2.45, 2.75) is 19.9 Å². The van der Waals surface area contributed by atoms with Crippen LogP contribution in [-0.2, 0) is 0 Å². The summed E-state index contributed by atoms with van der Waals surface area (Å²) in [7, 11) is 0. The fourth-order valence-electron chi connectivity index (χ4n) is 1.72.